The van der Waals surface area contributed by atoms with Gasteiger partial charge in [0.2, 0.25) is 5.91 Å². The number of amides is 2. The van der Waals surface area contributed by atoms with E-state index in [1.165, 1.54) is 19.1 Å². The van der Waals surface area contributed by atoms with E-state index >= 15 is 0 Å². The molecule has 128 valence electrons. The molecule has 0 heterocycles. The fraction of sp³-hybridized carbons (Fsp3) is 0.0625. The Morgan fingerprint density at radius 2 is 1.64 bits per heavy atom. The van der Waals surface area contributed by atoms with Gasteiger partial charge in [-0.05, 0) is 24.3 Å². The van der Waals surface area contributed by atoms with Crippen molar-refractivity contribution in [2.75, 3.05) is 10.6 Å². The second-order valence-corrected chi connectivity index (χ2v) is 5.01. The minimum atomic E-state index is -1.38. The molecule has 0 radical (unpaired) electrons. The number of hydrogen-bond donors (Lipinski definition) is 3. The molecule has 0 saturated carbocycles. The summed E-state index contributed by atoms with van der Waals surface area (Å²) in [5.41, 5.74) is -0.378. The molecule has 0 saturated heterocycles. The van der Waals surface area contributed by atoms with Crippen LogP contribution in [0.3, 0.4) is 0 Å². The molecule has 2 aromatic rings. The van der Waals surface area contributed by atoms with Crippen LogP contribution in [-0.4, -0.2) is 27.8 Å². The predicted octanol–water partition coefficient (Wildman–Crippen LogP) is 2.50. The lowest BCUT2D eigenvalue weighted by Crippen LogP contribution is -2.17. The van der Waals surface area contributed by atoms with Crippen LogP contribution >= 0.6 is 0 Å². The summed E-state index contributed by atoms with van der Waals surface area (Å²) in [6, 6.07) is 9.09. The highest BCUT2D eigenvalue weighted by molar-refractivity contribution is 6.11. The van der Waals surface area contributed by atoms with Crippen LogP contribution in [0.5, 0.6) is 0 Å². The maximum Gasteiger partial charge on any atom is 0.336 e. The Morgan fingerprint density at radius 3 is 2.20 bits per heavy atom. The first-order chi connectivity index (χ1) is 11.8. The summed E-state index contributed by atoms with van der Waals surface area (Å²) < 4.78 is 0. The van der Waals surface area contributed by atoms with Crippen molar-refractivity contribution < 1.29 is 24.4 Å². The number of carboxylic acid groups (broad SMARTS) is 1. The first kappa shape index (κ1) is 17.6. The Hall–Kier alpha value is -3.75. The molecule has 2 amide bonds. The fourth-order valence-electron chi connectivity index (χ4n) is 2.10. The van der Waals surface area contributed by atoms with E-state index in [0.29, 0.717) is 11.4 Å². The number of nitro groups is 1. The van der Waals surface area contributed by atoms with Gasteiger partial charge in [0.25, 0.3) is 11.6 Å². The van der Waals surface area contributed by atoms with Crippen molar-refractivity contribution >= 4 is 34.8 Å². The Labute approximate surface area is 141 Å². The van der Waals surface area contributed by atoms with E-state index in [0.717, 1.165) is 18.2 Å². The lowest BCUT2D eigenvalue weighted by Gasteiger charge is -2.09. The monoisotopic (exact) mass is 343 g/mol. The maximum absolute atomic E-state index is 12.4. The minimum Gasteiger partial charge on any atom is -0.478 e. The van der Waals surface area contributed by atoms with Crippen LogP contribution in [0.1, 0.15) is 27.6 Å². The van der Waals surface area contributed by atoms with Crippen molar-refractivity contribution in [3.05, 3.63) is 63.7 Å². The molecular weight excluding hydrogens is 330 g/mol. The van der Waals surface area contributed by atoms with Gasteiger partial charge in [0, 0.05) is 30.4 Å². The van der Waals surface area contributed by atoms with Gasteiger partial charge < -0.3 is 15.7 Å². The summed E-state index contributed by atoms with van der Waals surface area (Å²) in [7, 11) is 0. The highest BCUT2D eigenvalue weighted by atomic mass is 16.6. The Kier molecular flexibility index (Phi) is 5.08. The minimum absolute atomic E-state index is 0.291. The van der Waals surface area contributed by atoms with E-state index in [1.807, 2.05) is 0 Å². The third-order valence-electron chi connectivity index (χ3n) is 3.13. The quantitative estimate of drug-likeness (QED) is 0.563. The zero-order valence-corrected chi connectivity index (χ0v) is 13.0. The molecule has 0 aliphatic rings. The lowest BCUT2D eigenvalue weighted by atomic mass is 10.1. The van der Waals surface area contributed by atoms with E-state index in [2.05, 4.69) is 10.6 Å². The van der Waals surface area contributed by atoms with Crippen LogP contribution in [0.15, 0.2) is 42.5 Å². The Bertz CT molecular complexity index is 878. The summed E-state index contributed by atoms with van der Waals surface area (Å²) in [5, 5.41) is 25.0. The van der Waals surface area contributed by atoms with Crippen molar-refractivity contribution in [1.82, 2.24) is 0 Å². The number of non-ortho nitro benzene ring substituents is 1. The number of carboxylic acids is 1. The Morgan fingerprint density at radius 1 is 1.00 bits per heavy atom. The van der Waals surface area contributed by atoms with Crippen LogP contribution in [-0.2, 0) is 4.79 Å². The van der Waals surface area contributed by atoms with Crippen molar-refractivity contribution in [3.8, 4) is 0 Å². The summed E-state index contributed by atoms with van der Waals surface area (Å²) >= 11 is 0. The van der Waals surface area contributed by atoms with Gasteiger partial charge in [-0.2, -0.15) is 0 Å². The Balaban J connectivity index is 2.34. The van der Waals surface area contributed by atoms with Gasteiger partial charge >= 0.3 is 5.97 Å². The van der Waals surface area contributed by atoms with E-state index in [4.69, 9.17) is 5.11 Å². The number of benzene rings is 2. The second kappa shape index (κ2) is 7.21. The normalized spacial score (nSPS) is 9.96. The van der Waals surface area contributed by atoms with Gasteiger partial charge in [-0.25, -0.2) is 4.79 Å². The molecule has 25 heavy (non-hydrogen) atoms. The molecule has 0 spiro atoms. The molecule has 9 heteroatoms. The number of nitrogens with zero attached hydrogens (tertiary/aromatic N) is 1. The molecule has 0 bridgehead atoms. The van der Waals surface area contributed by atoms with Crippen molar-refractivity contribution in [1.29, 1.82) is 0 Å². The topological polar surface area (TPSA) is 139 Å². The standard InChI is InChI=1S/C16H13N3O6/c1-9(20)17-10-3-2-4-11(7-10)18-15(21)14-8-12(19(24)25)5-6-13(14)16(22)23/h2-8H,1H3,(H,17,20)(H,18,21)(H,22,23). The molecule has 9 nitrogen and oxygen atoms in total. The van der Waals surface area contributed by atoms with Gasteiger partial charge in [0.1, 0.15) is 0 Å². The molecule has 0 aliphatic carbocycles. The number of aromatic carboxylic acids is 1. The number of nitro benzene ring substituents is 1. The van der Waals surface area contributed by atoms with Gasteiger partial charge in [-0.1, -0.05) is 6.07 Å². The molecular formula is C16H13N3O6. The fourth-order valence-corrected chi connectivity index (χ4v) is 2.10. The number of anilines is 2. The van der Waals surface area contributed by atoms with Crippen molar-refractivity contribution in [2.24, 2.45) is 0 Å². The summed E-state index contributed by atoms with van der Waals surface area (Å²) in [6.07, 6.45) is 0. The lowest BCUT2D eigenvalue weighted by molar-refractivity contribution is -0.384. The zero-order chi connectivity index (χ0) is 18.6. The molecule has 0 atom stereocenters. The average molecular weight is 343 g/mol. The molecule has 0 fully saturated rings. The number of hydrogen-bond acceptors (Lipinski definition) is 5. The maximum atomic E-state index is 12.4. The number of carbonyl (C=O) groups is 3. The first-order valence-electron chi connectivity index (χ1n) is 6.98. The predicted molar refractivity (Wildman–Crippen MR) is 88.8 cm³/mol. The number of carbonyl (C=O) groups excluding carboxylic acids is 2. The summed E-state index contributed by atoms with van der Waals surface area (Å²) in [5.74, 6) is -2.50. The molecule has 3 N–H and O–H groups in total. The van der Waals surface area contributed by atoms with Crippen LogP contribution in [0.25, 0.3) is 0 Å². The van der Waals surface area contributed by atoms with Crippen LogP contribution in [0, 0.1) is 10.1 Å². The number of rotatable bonds is 5. The van der Waals surface area contributed by atoms with Gasteiger partial charge in [0.15, 0.2) is 0 Å². The van der Waals surface area contributed by atoms with Crippen molar-refractivity contribution in [2.45, 2.75) is 6.92 Å². The smallest absolute Gasteiger partial charge is 0.336 e. The molecule has 0 aromatic heterocycles. The third-order valence-corrected chi connectivity index (χ3v) is 3.13. The van der Waals surface area contributed by atoms with E-state index in [9.17, 15) is 24.5 Å². The van der Waals surface area contributed by atoms with E-state index in [-0.39, 0.29) is 17.0 Å². The van der Waals surface area contributed by atoms with E-state index in [1.54, 1.807) is 12.1 Å². The number of nitrogens with one attached hydrogen (secondary N) is 2. The SMILES string of the molecule is CC(=O)Nc1cccc(NC(=O)c2cc([N+](=O)[O-])ccc2C(=O)O)c1. The van der Waals surface area contributed by atoms with Crippen LogP contribution in [0.2, 0.25) is 0 Å². The second-order valence-electron chi connectivity index (χ2n) is 5.01. The van der Waals surface area contributed by atoms with E-state index < -0.39 is 22.5 Å². The first-order valence-corrected chi connectivity index (χ1v) is 6.98. The van der Waals surface area contributed by atoms with Gasteiger partial charge in [-0.15, -0.1) is 0 Å². The summed E-state index contributed by atoms with van der Waals surface area (Å²) in [6.45, 7) is 1.33. The molecule has 0 aliphatic heterocycles. The van der Waals surface area contributed by atoms with Crippen LogP contribution < -0.4 is 10.6 Å². The molecule has 2 aromatic carbocycles. The molecule has 2 rings (SSSR count). The van der Waals surface area contributed by atoms with Crippen LogP contribution in [0.4, 0.5) is 17.1 Å². The zero-order valence-electron chi connectivity index (χ0n) is 13.0. The van der Waals surface area contributed by atoms with Gasteiger partial charge in [-0.3, -0.25) is 19.7 Å². The third kappa shape index (κ3) is 4.38. The average Bonchev–Trinajstić information content (AvgIpc) is 2.53. The highest BCUT2D eigenvalue weighted by Crippen LogP contribution is 2.21. The highest BCUT2D eigenvalue weighted by Gasteiger charge is 2.20. The molecule has 0 unspecified atom stereocenters. The van der Waals surface area contributed by atoms with Gasteiger partial charge in [0.05, 0.1) is 16.1 Å². The van der Waals surface area contributed by atoms with Crippen molar-refractivity contribution in [3.63, 3.8) is 0 Å². The largest absolute Gasteiger partial charge is 0.478 e. The summed E-state index contributed by atoms with van der Waals surface area (Å²) in [4.78, 5) is 44.8.